The van der Waals surface area contributed by atoms with Crippen molar-refractivity contribution in [1.29, 1.82) is 0 Å². The van der Waals surface area contributed by atoms with E-state index in [9.17, 15) is 4.79 Å². The van der Waals surface area contributed by atoms with E-state index in [-0.39, 0.29) is 11.6 Å². The number of hydrogen-bond acceptors (Lipinski definition) is 2. The molecule has 1 heterocycles. The summed E-state index contributed by atoms with van der Waals surface area (Å²) in [5.41, 5.74) is 1.35. The Morgan fingerprint density at radius 1 is 1.32 bits per heavy atom. The van der Waals surface area contributed by atoms with Gasteiger partial charge in [-0.2, -0.15) is 0 Å². The van der Waals surface area contributed by atoms with E-state index in [1.54, 1.807) is 0 Å². The van der Waals surface area contributed by atoms with Crippen LogP contribution in [0.1, 0.15) is 42.6 Å². The molecule has 2 N–H and O–H groups in total. The molecule has 3 nitrogen and oxygen atoms in total. The molecule has 0 atom stereocenters. The molecule has 0 aromatic heterocycles. The SMILES string of the molecule is Cc1cccc(C(=O)OC(C)(C)C2CC[NH2+]CC2)c1. The minimum Gasteiger partial charge on any atom is -0.456 e. The second-order valence-electron chi connectivity index (χ2n) is 6.00. The number of benzene rings is 1. The third kappa shape index (κ3) is 3.57. The number of hydrogen-bond donors (Lipinski definition) is 1. The number of rotatable bonds is 3. The standard InChI is InChI=1S/C16H23NO2/c1-12-5-4-6-13(11-12)15(18)19-16(2,3)14-7-9-17-10-8-14/h4-6,11,14,17H,7-10H2,1-3H3/p+1. The third-order valence-electron chi connectivity index (χ3n) is 4.03. The molecule has 1 aliphatic rings. The van der Waals surface area contributed by atoms with Crippen LogP contribution in [0.4, 0.5) is 0 Å². The first-order valence-corrected chi connectivity index (χ1v) is 7.11. The van der Waals surface area contributed by atoms with E-state index in [1.807, 2.05) is 45.0 Å². The molecule has 0 bridgehead atoms. The highest BCUT2D eigenvalue weighted by Gasteiger charge is 2.35. The van der Waals surface area contributed by atoms with Crippen LogP contribution in [0.2, 0.25) is 0 Å². The Labute approximate surface area is 115 Å². The molecule has 0 amide bonds. The van der Waals surface area contributed by atoms with Crippen LogP contribution in [0.25, 0.3) is 0 Å². The summed E-state index contributed by atoms with van der Waals surface area (Å²) in [6, 6.07) is 7.58. The van der Waals surface area contributed by atoms with Gasteiger partial charge in [-0.3, -0.25) is 0 Å². The van der Waals surface area contributed by atoms with Crippen molar-refractivity contribution in [2.45, 2.75) is 39.2 Å². The lowest BCUT2D eigenvalue weighted by Gasteiger charge is -2.35. The average Bonchev–Trinajstić information content (AvgIpc) is 2.39. The van der Waals surface area contributed by atoms with Gasteiger partial charge in [-0.05, 0) is 32.9 Å². The van der Waals surface area contributed by atoms with E-state index in [4.69, 9.17) is 4.74 Å². The molecule has 19 heavy (non-hydrogen) atoms. The Kier molecular flexibility index (Phi) is 4.25. The van der Waals surface area contributed by atoms with Crippen molar-refractivity contribution < 1.29 is 14.8 Å². The van der Waals surface area contributed by atoms with Crippen molar-refractivity contribution in [3.63, 3.8) is 0 Å². The number of nitrogens with two attached hydrogens (primary N) is 1. The van der Waals surface area contributed by atoms with Gasteiger partial charge >= 0.3 is 5.97 Å². The second kappa shape index (κ2) is 5.74. The molecular formula is C16H24NO2+. The van der Waals surface area contributed by atoms with Gasteiger partial charge in [0, 0.05) is 18.8 Å². The number of piperidine rings is 1. The summed E-state index contributed by atoms with van der Waals surface area (Å²) in [4.78, 5) is 12.2. The first kappa shape index (κ1) is 14.1. The van der Waals surface area contributed by atoms with E-state index in [1.165, 1.54) is 0 Å². The highest BCUT2D eigenvalue weighted by Crippen LogP contribution is 2.28. The highest BCUT2D eigenvalue weighted by molar-refractivity contribution is 5.89. The monoisotopic (exact) mass is 262 g/mol. The van der Waals surface area contributed by atoms with E-state index in [2.05, 4.69) is 5.32 Å². The largest absolute Gasteiger partial charge is 0.456 e. The summed E-state index contributed by atoms with van der Waals surface area (Å²) >= 11 is 0. The number of ether oxygens (including phenoxy) is 1. The predicted molar refractivity (Wildman–Crippen MR) is 75.1 cm³/mol. The zero-order valence-electron chi connectivity index (χ0n) is 12.1. The lowest BCUT2D eigenvalue weighted by atomic mass is 9.83. The van der Waals surface area contributed by atoms with Crippen molar-refractivity contribution in [1.82, 2.24) is 0 Å². The molecule has 2 rings (SSSR count). The maximum atomic E-state index is 12.2. The smallest absolute Gasteiger partial charge is 0.338 e. The molecule has 1 aliphatic heterocycles. The predicted octanol–water partition coefficient (Wildman–Crippen LogP) is 1.90. The average molecular weight is 262 g/mol. The number of esters is 1. The van der Waals surface area contributed by atoms with E-state index in [0.717, 1.165) is 31.5 Å². The zero-order valence-corrected chi connectivity index (χ0v) is 12.1. The third-order valence-corrected chi connectivity index (χ3v) is 4.03. The fraction of sp³-hybridized carbons (Fsp3) is 0.562. The maximum absolute atomic E-state index is 12.2. The first-order valence-electron chi connectivity index (χ1n) is 7.11. The van der Waals surface area contributed by atoms with Gasteiger partial charge in [-0.25, -0.2) is 4.79 Å². The molecule has 0 spiro atoms. The maximum Gasteiger partial charge on any atom is 0.338 e. The van der Waals surface area contributed by atoms with E-state index >= 15 is 0 Å². The van der Waals surface area contributed by atoms with E-state index < -0.39 is 0 Å². The summed E-state index contributed by atoms with van der Waals surface area (Å²) in [5.74, 6) is 0.259. The van der Waals surface area contributed by atoms with Gasteiger partial charge in [0.15, 0.2) is 0 Å². The molecule has 3 heteroatoms. The molecule has 0 unspecified atom stereocenters. The highest BCUT2D eigenvalue weighted by atomic mass is 16.6. The number of carbonyl (C=O) groups is 1. The van der Waals surface area contributed by atoms with Crippen LogP contribution >= 0.6 is 0 Å². The topological polar surface area (TPSA) is 42.9 Å². The van der Waals surface area contributed by atoms with Crippen molar-refractivity contribution in [2.75, 3.05) is 13.1 Å². The lowest BCUT2D eigenvalue weighted by Crippen LogP contribution is -2.86. The molecule has 0 aliphatic carbocycles. The summed E-state index contributed by atoms with van der Waals surface area (Å²) in [6.45, 7) is 8.33. The molecule has 1 saturated heterocycles. The van der Waals surface area contributed by atoms with Gasteiger partial charge in [-0.15, -0.1) is 0 Å². The van der Waals surface area contributed by atoms with Crippen molar-refractivity contribution in [3.8, 4) is 0 Å². The van der Waals surface area contributed by atoms with Crippen LogP contribution < -0.4 is 5.32 Å². The Hall–Kier alpha value is -1.35. The summed E-state index contributed by atoms with van der Waals surface area (Å²) in [5, 5.41) is 2.33. The minimum atomic E-state index is -0.380. The Morgan fingerprint density at radius 2 is 2.00 bits per heavy atom. The van der Waals surface area contributed by atoms with Gasteiger partial charge in [-0.1, -0.05) is 17.7 Å². The van der Waals surface area contributed by atoms with Crippen LogP contribution in [-0.4, -0.2) is 24.7 Å². The summed E-state index contributed by atoms with van der Waals surface area (Å²) in [7, 11) is 0. The lowest BCUT2D eigenvalue weighted by molar-refractivity contribution is -0.665. The van der Waals surface area contributed by atoms with Gasteiger partial charge in [0.05, 0.1) is 18.7 Å². The van der Waals surface area contributed by atoms with Crippen LogP contribution in [0.3, 0.4) is 0 Å². The summed E-state index contributed by atoms with van der Waals surface area (Å²) < 4.78 is 5.77. The van der Waals surface area contributed by atoms with Crippen LogP contribution in [0, 0.1) is 12.8 Å². The number of quaternary nitrogens is 1. The van der Waals surface area contributed by atoms with Crippen molar-refractivity contribution in [2.24, 2.45) is 5.92 Å². The molecule has 104 valence electrons. The first-order chi connectivity index (χ1) is 8.99. The molecule has 0 saturated carbocycles. The fourth-order valence-electron chi connectivity index (χ4n) is 2.78. The molecule has 0 radical (unpaired) electrons. The van der Waals surface area contributed by atoms with Gasteiger partial charge in [0.25, 0.3) is 0 Å². The Bertz CT molecular complexity index is 448. The quantitative estimate of drug-likeness (QED) is 0.846. The van der Waals surface area contributed by atoms with E-state index in [0.29, 0.717) is 11.5 Å². The zero-order chi connectivity index (χ0) is 13.9. The summed E-state index contributed by atoms with van der Waals surface area (Å²) in [6.07, 6.45) is 2.24. The minimum absolute atomic E-state index is 0.205. The van der Waals surface area contributed by atoms with Gasteiger partial charge < -0.3 is 10.1 Å². The Balaban J connectivity index is 2.04. The second-order valence-corrected chi connectivity index (χ2v) is 6.00. The molecule has 1 aromatic carbocycles. The number of carbonyl (C=O) groups excluding carboxylic acids is 1. The normalized spacial score (nSPS) is 17.2. The molecule has 1 fully saturated rings. The van der Waals surface area contributed by atoms with Crippen LogP contribution in [-0.2, 0) is 4.74 Å². The van der Waals surface area contributed by atoms with Crippen molar-refractivity contribution >= 4 is 5.97 Å². The van der Waals surface area contributed by atoms with Gasteiger partial charge in [0.2, 0.25) is 0 Å². The van der Waals surface area contributed by atoms with Crippen LogP contribution in [0.5, 0.6) is 0 Å². The van der Waals surface area contributed by atoms with Crippen LogP contribution in [0.15, 0.2) is 24.3 Å². The number of aryl methyl sites for hydroxylation is 1. The fourth-order valence-corrected chi connectivity index (χ4v) is 2.78. The van der Waals surface area contributed by atoms with Gasteiger partial charge in [0.1, 0.15) is 5.60 Å². The Morgan fingerprint density at radius 3 is 2.63 bits per heavy atom. The molecule has 1 aromatic rings. The van der Waals surface area contributed by atoms with Crippen molar-refractivity contribution in [3.05, 3.63) is 35.4 Å². The molecular weight excluding hydrogens is 238 g/mol.